The lowest BCUT2D eigenvalue weighted by atomic mass is 10.1. The number of carboxylic acid groups (broad SMARTS) is 1. The van der Waals surface area contributed by atoms with Gasteiger partial charge in [0.1, 0.15) is 0 Å². The molecule has 0 aliphatic rings. The lowest BCUT2D eigenvalue weighted by Crippen LogP contribution is -2.17. The predicted molar refractivity (Wildman–Crippen MR) is 70.7 cm³/mol. The van der Waals surface area contributed by atoms with E-state index in [2.05, 4.69) is 9.88 Å². The fourth-order valence-electron chi connectivity index (χ4n) is 1.76. The summed E-state index contributed by atoms with van der Waals surface area (Å²) >= 11 is 1.58. The molecule has 2 rings (SSSR count). The summed E-state index contributed by atoms with van der Waals surface area (Å²) in [4.78, 5) is 17.2. The smallest absolute Gasteiger partial charge is 0.335 e. The van der Waals surface area contributed by atoms with Crippen molar-refractivity contribution in [3.8, 4) is 0 Å². The number of nitrogens with zero attached hydrogens (tertiary/aromatic N) is 2. The average molecular weight is 262 g/mol. The number of benzene rings is 1. The molecular weight excluding hydrogens is 248 g/mol. The molecule has 1 aromatic heterocycles. The molecule has 2 aromatic rings. The minimum Gasteiger partial charge on any atom is -0.478 e. The second-order valence-corrected chi connectivity index (χ2v) is 4.88. The Hall–Kier alpha value is -1.72. The number of aromatic carboxylic acids is 1. The first kappa shape index (κ1) is 12.7. The second kappa shape index (κ2) is 5.75. The lowest BCUT2D eigenvalue weighted by molar-refractivity contribution is 0.0696. The molecule has 5 heteroatoms. The summed E-state index contributed by atoms with van der Waals surface area (Å²) < 4.78 is 0. The van der Waals surface area contributed by atoms with Crippen molar-refractivity contribution >= 4 is 17.3 Å². The molecule has 0 atom stereocenters. The molecular formula is C13H14N2O2S. The van der Waals surface area contributed by atoms with Crippen molar-refractivity contribution in [3.05, 3.63) is 52.0 Å². The molecule has 0 amide bonds. The Morgan fingerprint density at radius 2 is 2.28 bits per heavy atom. The summed E-state index contributed by atoms with van der Waals surface area (Å²) in [5.41, 5.74) is 4.17. The zero-order valence-corrected chi connectivity index (χ0v) is 10.9. The minimum absolute atomic E-state index is 0.328. The highest BCUT2D eigenvalue weighted by molar-refractivity contribution is 7.07. The van der Waals surface area contributed by atoms with Gasteiger partial charge in [-0.25, -0.2) is 9.78 Å². The van der Waals surface area contributed by atoms with Gasteiger partial charge in [-0.3, -0.25) is 4.90 Å². The van der Waals surface area contributed by atoms with Gasteiger partial charge in [0, 0.05) is 18.5 Å². The van der Waals surface area contributed by atoms with E-state index >= 15 is 0 Å². The number of aromatic nitrogens is 1. The van der Waals surface area contributed by atoms with Crippen molar-refractivity contribution < 1.29 is 9.90 Å². The summed E-state index contributed by atoms with van der Waals surface area (Å²) in [6.45, 7) is 1.47. The van der Waals surface area contributed by atoms with Gasteiger partial charge in [-0.1, -0.05) is 12.1 Å². The monoisotopic (exact) mass is 262 g/mol. The number of hydrogen-bond acceptors (Lipinski definition) is 4. The molecule has 0 unspecified atom stereocenters. The first-order valence-corrected chi connectivity index (χ1v) is 6.47. The van der Waals surface area contributed by atoms with Crippen LogP contribution >= 0.6 is 11.3 Å². The lowest BCUT2D eigenvalue weighted by Gasteiger charge is -2.15. The summed E-state index contributed by atoms with van der Waals surface area (Å²) in [5.74, 6) is -0.890. The molecule has 0 radical (unpaired) electrons. The third-order valence-electron chi connectivity index (χ3n) is 2.54. The van der Waals surface area contributed by atoms with Crippen molar-refractivity contribution in [2.24, 2.45) is 0 Å². The Kier molecular flexibility index (Phi) is 4.07. The van der Waals surface area contributed by atoms with Gasteiger partial charge in [0.2, 0.25) is 0 Å². The van der Waals surface area contributed by atoms with Crippen LogP contribution in [-0.4, -0.2) is 28.0 Å². The quantitative estimate of drug-likeness (QED) is 0.899. The van der Waals surface area contributed by atoms with Crippen LogP contribution in [0, 0.1) is 0 Å². The standard InChI is InChI=1S/C13H14N2O2S/c1-15(7-12-8-18-9-14-12)6-10-3-2-4-11(5-10)13(16)17/h2-5,8-9H,6-7H2,1H3,(H,16,17). The summed E-state index contributed by atoms with van der Waals surface area (Å²) in [6, 6.07) is 7.02. The highest BCUT2D eigenvalue weighted by atomic mass is 32.1. The minimum atomic E-state index is -0.890. The third-order valence-corrected chi connectivity index (χ3v) is 3.18. The second-order valence-electron chi connectivity index (χ2n) is 4.16. The Morgan fingerprint density at radius 3 is 2.94 bits per heavy atom. The highest BCUT2D eigenvalue weighted by Gasteiger charge is 2.06. The number of rotatable bonds is 5. The van der Waals surface area contributed by atoms with Crippen molar-refractivity contribution in [3.63, 3.8) is 0 Å². The largest absolute Gasteiger partial charge is 0.478 e. The molecule has 18 heavy (non-hydrogen) atoms. The van der Waals surface area contributed by atoms with E-state index in [9.17, 15) is 4.79 Å². The van der Waals surface area contributed by atoms with Gasteiger partial charge in [-0.15, -0.1) is 11.3 Å². The van der Waals surface area contributed by atoms with Crippen LogP contribution in [0.1, 0.15) is 21.6 Å². The molecule has 94 valence electrons. The molecule has 0 spiro atoms. The van der Waals surface area contributed by atoms with Crippen molar-refractivity contribution in [2.45, 2.75) is 13.1 Å². The molecule has 4 nitrogen and oxygen atoms in total. The first-order chi connectivity index (χ1) is 8.65. The van der Waals surface area contributed by atoms with Crippen LogP contribution in [0.15, 0.2) is 35.2 Å². The van der Waals surface area contributed by atoms with Gasteiger partial charge in [0.25, 0.3) is 0 Å². The molecule has 0 saturated heterocycles. The van der Waals surface area contributed by atoms with Crippen LogP contribution in [0.3, 0.4) is 0 Å². The maximum Gasteiger partial charge on any atom is 0.335 e. The Bertz CT molecular complexity index is 526. The number of carbonyl (C=O) groups is 1. The predicted octanol–water partition coefficient (Wildman–Crippen LogP) is 2.47. The summed E-state index contributed by atoms with van der Waals surface area (Å²) in [6.07, 6.45) is 0. The Labute approximate surface area is 110 Å². The van der Waals surface area contributed by atoms with Crippen molar-refractivity contribution in [1.29, 1.82) is 0 Å². The van der Waals surface area contributed by atoms with E-state index in [0.717, 1.165) is 17.8 Å². The number of carboxylic acids is 1. The molecule has 0 fully saturated rings. The maximum atomic E-state index is 10.9. The van der Waals surface area contributed by atoms with E-state index < -0.39 is 5.97 Å². The van der Waals surface area contributed by atoms with Crippen LogP contribution in [0.4, 0.5) is 0 Å². The molecule has 0 bridgehead atoms. The molecule has 0 saturated carbocycles. The molecule has 1 N–H and O–H groups in total. The molecule has 0 aliphatic heterocycles. The topological polar surface area (TPSA) is 53.4 Å². The van der Waals surface area contributed by atoms with Gasteiger partial charge in [0.15, 0.2) is 0 Å². The van der Waals surface area contributed by atoms with E-state index in [1.807, 2.05) is 24.0 Å². The normalized spacial score (nSPS) is 10.8. The van der Waals surface area contributed by atoms with Gasteiger partial charge in [0.05, 0.1) is 16.8 Å². The van der Waals surface area contributed by atoms with Gasteiger partial charge < -0.3 is 5.11 Å². The van der Waals surface area contributed by atoms with Crippen LogP contribution < -0.4 is 0 Å². The third kappa shape index (κ3) is 3.38. The number of thiazole rings is 1. The zero-order valence-electron chi connectivity index (χ0n) is 10.0. The average Bonchev–Trinajstić information content (AvgIpc) is 2.82. The van der Waals surface area contributed by atoms with Gasteiger partial charge >= 0.3 is 5.97 Å². The first-order valence-electron chi connectivity index (χ1n) is 5.53. The van der Waals surface area contributed by atoms with Gasteiger partial charge in [-0.2, -0.15) is 0 Å². The van der Waals surface area contributed by atoms with Gasteiger partial charge in [-0.05, 0) is 24.7 Å². The fourth-order valence-corrected chi connectivity index (χ4v) is 2.31. The Balaban J connectivity index is 2.00. The van der Waals surface area contributed by atoms with E-state index in [-0.39, 0.29) is 0 Å². The molecule has 0 aliphatic carbocycles. The molecule has 1 heterocycles. The molecule has 1 aromatic carbocycles. The SMILES string of the molecule is CN(Cc1cccc(C(=O)O)c1)Cc1cscn1. The Morgan fingerprint density at radius 1 is 1.44 bits per heavy atom. The summed E-state index contributed by atoms with van der Waals surface area (Å²) in [5, 5.41) is 10.9. The number of hydrogen-bond donors (Lipinski definition) is 1. The van der Waals surface area contributed by atoms with E-state index in [1.165, 1.54) is 0 Å². The van der Waals surface area contributed by atoms with Crippen LogP contribution in [0.25, 0.3) is 0 Å². The van der Waals surface area contributed by atoms with Crippen LogP contribution in [0.5, 0.6) is 0 Å². The summed E-state index contributed by atoms with van der Waals surface area (Å²) in [7, 11) is 1.99. The van der Waals surface area contributed by atoms with Crippen molar-refractivity contribution in [2.75, 3.05) is 7.05 Å². The highest BCUT2D eigenvalue weighted by Crippen LogP contribution is 2.10. The van der Waals surface area contributed by atoms with E-state index in [4.69, 9.17) is 5.11 Å². The van der Waals surface area contributed by atoms with E-state index in [1.54, 1.807) is 29.5 Å². The maximum absolute atomic E-state index is 10.9. The van der Waals surface area contributed by atoms with Crippen LogP contribution in [0.2, 0.25) is 0 Å². The fraction of sp³-hybridized carbons (Fsp3) is 0.231. The van der Waals surface area contributed by atoms with Crippen LogP contribution in [-0.2, 0) is 13.1 Å². The van der Waals surface area contributed by atoms with Crippen molar-refractivity contribution in [1.82, 2.24) is 9.88 Å². The van der Waals surface area contributed by atoms with E-state index in [0.29, 0.717) is 12.1 Å². The zero-order chi connectivity index (χ0) is 13.0.